The third-order valence-electron chi connectivity index (χ3n) is 3.84. The van der Waals surface area contributed by atoms with Crippen molar-refractivity contribution < 1.29 is 4.79 Å². The molecule has 6 nitrogen and oxygen atoms in total. The van der Waals surface area contributed by atoms with Crippen molar-refractivity contribution in [3.8, 4) is 0 Å². The van der Waals surface area contributed by atoms with Gasteiger partial charge in [-0.25, -0.2) is 9.97 Å². The number of aromatic nitrogens is 2. The Morgan fingerprint density at radius 2 is 2.33 bits per heavy atom. The molecule has 3 heterocycles. The second-order valence-corrected chi connectivity index (χ2v) is 5.01. The molecular formula is C12H17N5O. The van der Waals surface area contributed by atoms with Crippen LogP contribution in [-0.2, 0) is 4.79 Å². The Labute approximate surface area is 106 Å². The molecular weight excluding hydrogens is 230 g/mol. The lowest BCUT2D eigenvalue weighted by Gasteiger charge is -2.42. The van der Waals surface area contributed by atoms with Crippen molar-refractivity contribution in [1.82, 2.24) is 15.3 Å². The number of hydrogen-bond donors (Lipinski definition) is 2. The normalized spacial score (nSPS) is 27.6. The number of nitrogens with two attached hydrogens (primary N) is 1. The minimum atomic E-state index is 0.186. The number of rotatable bonds is 1. The first-order valence-corrected chi connectivity index (χ1v) is 6.34. The molecule has 2 saturated heterocycles. The highest BCUT2D eigenvalue weighted by Crippen LogP contribution is 2.29. The Bertz CT molecular complexity index is 464. The minimum Gasteiger partial charge on any atom is -0.394 e. The third-order valence-corrected chi connectivity index (χ3v) is 3.84. The summed E-state index contributed by atoms with van der Waals surface area (Å²) in [5.41, 5.74) is 6.53. The van der Waals surface area contributed by atoms with Crippen LogP contribution in [0, 0.1) is 5.92 Å². The van der Waals surface area contributed by atoms with Gasteiger partial charge in [0.15, 0.2) is 5.82 Å². The summed E-state index contributed by atoms with van der Waals surface area (Å²) in [5, 5.41) is 3.08. The number of amides is 1. The second-order valence-electron chi connectivity index (χ2n) is 5.01. The van der Waals surface area contributed by atoms with Crippen molar-refractivity contribution in [3.05, 3.63) is 12.5 Å². The summed E-state index contributed by atoms with van der Waals surface area (Å²) in [6.07, 6.45) is 5.71. The van der Waals surface area contributed by atoms with Gasteiger partial charge in [-0.05, 0) is 18.8 Å². The van der Waals surface area contributed by atoms with Crippen LogP contribution in [0.4, 0.5) is 11.5 Å². The lowest BCUT2D eigenvalue weighted by atomic mass is 9.85. The van der Waals surface area contributed by atoms with Crippen molar-refractivity contribution in [2.75, 3.05) is 23.7 Å². The first kappa shape index (κ1) is 11.3. The van der Waals surface area contributed by atoms with E-state index in [-0.39, 0.29) is 5.91 Å². The van der Waals surface area contributed by atoms with Crippen LogP contribution in [0.3, 0.4) is 0 Å². The van der Waals surface area contributed by atoms with Gasteiger partial charge in [-0.15, -0.1) is 0 Å². The molecule has 18 heavy (non-hydrogen) atoms. The van der Waals surface area contributed by atoms with Crippen molar-refractivity contribution in [2.45, 2.75) is 25.3 Å². The Kier molecular flexibility index (Phi) is 2.77. The van der Waals surface area contributed by atoms with Crippen molar-refractivity contribution in [2.24, 2.45) is 5.92 Å². The molecule has 6 heteroatoms. The molecule has 1 aromatic rings. The molecule has 1 aromatic heterocycles. The van der Waals surface area contributed by atoms with Gasteiger partial charge in [-0.1, -0.05) is 0 Å². The van der Waals surface area contributed by atoms with Gasteiger partial charge in [0.05, 0.1) is 11.9 Å². The van der Waals surface area contributed by atoms with Crippen LogP contribution in [0.1, 0.15) is 19.3 Å². The van der Waals surface area contributed by atoms with Crippen LogP contribution >= 0.6 is 0 Å². The largest absolute Gasteiger partial charge is 0.394 e. The summed E-state index contributed by atoms with van der Waals surface area (Å²) in [6.45, 7) is 1.79. The van der Waals surface area contributed by atoms with Crippen LogP contribution in [0.25, 0.3) is 0 Å². The number of anilines is 2. The Balaban J connectivity index is 1.75. The first-order valence-electron chi connectivity index (χ1n) is 6.34. The number of nitrogens with one attached hydrogen (secondary N) is 1. The molecule has 2 fully saturated rings. The molecule has 96 valence electrons. The van der Waals surface area contributed by atoms with Crippen LogP contribution in [0.2, 0.25) is 0 Å². The van der Waals surface area contributed by atoms with Crippen LogP contribution in [0.5, 0.6) is 0 Å². The van der Waals surface area contributed by atoms with Gasteiger partial charge in [-0.3, -0.25) is 4.79 Å². The van der Waals surface area contributed by atoms with E-state index in [0.717, 1.165) is 31.7 Å². The average Bonchev–Trinajstić information content (AvgIpc) is 2.39. The maximum atomic E-state index is 11.4. The fourth-order valence-corrected chi connectivity index (χ4v) is 2.90. The molecule has 2 aliphatic rings. The van der Waals surface area contributed by atoms with E-state index in [0.29, 0.717) is 24.1 Å². The Morgan fingerprint density at radius 3 is 3.17 bits per heavy atom. The van der Waals surface area contributed by atoms with E-state index in [1.54, 1.807) is 6.20 Å². The van der Waals surface area contributed by atoms with Gasteiger partial charge in [-0.2, -0.15) is 0 Å². The Hall–Kier alpha value is -1.85. The minimum absolute atomic E-state index is 0.186. The molecule has 0 saturated carbocycles. The number of nitrogen functional groups attached to an aromatic ring is 1. The summed E-state index contributed by atoms with van der Waals surface area (Å²) < 4.78 is 0. The number of hydrogen-bond acceptors (Lipinski definition) is 5. The van der Waals surface area contributed by atoms with Gasteiger partial charge in [0, 0.05) is 25.6 Å². The van der Waals surface area contributed by atoms with Gasteiger partial charge in [0.1, 0.15) is 6.33 Å². The highest BCUT2D eigenvalue weighted by Gasteiger charge is 2.34. The summed E-state index contributed by atoms with van der Waals surface area (Å²) in [4.78, 5) is 21.7. The number of fused-ring (bicyclic) bond motifs is 1. The topological polar surface area (TPSA) is 84.1 Å². The van der Waals surface area contributed by atoms with E-state index in [4.69, 9.17) is 5.73 Å². The van der Waals surface area contributed by atoms with E-state index < -0.39 is 0 Å². The monoisotopic (exact) mass is 247 g/mol. The smallest absolute Gasteiger partial charge is 0.220 e. The van der Waals surface area contributed by atoms with Crippen molar-refractivity contribution in [3.63, 3.8) is 0 Å². The van der Waals surface area contributed by atoms with E-state index >= 15 is 0 Å². The van der Waals surface area contributed by atoms with E-state index in [1.807, 2.05) is 0 Å². The van der Waals surface area contributed by atoms with Gasteiger partial charge in [0.2, 0.25) is 5.91 Å². The van der Waals surface area contributed by atoms with Crippen LogP contribution < -0.4 is 16.0 Å². The van der Waals surface area contributed by atoms with E-state index in [2.05, 4.69) is 20.2 Å². The maximum Gasteiger partial charge on any atom is 0.220 e. The molecule has 0 spiro atoms. The summed E-state index contributed by atoms with van der Waals surface area (Å²) in [7, 11) is 0. The molecule has 0 bridgehead atoms. The summed E-state index contributed by atoms with van der Waals surface area (Å²) in [5.74, 6) is 1.51. The highest BCUT2D eigenvalue weighted by atomic mass is 16.1. The van der Waals surface area contributed by atoms with Gasteiger partial charge in [0.25, 0.3) is 0 Å². The zero-order valence-electron chi connectivity index (χ0n) is 10.2. The summed E-state index contributed by atoms with van der Waals surface area (Å²) in [6, 6.07) is 0.325. The lowest BCUT2D eigenvalue weighted by Crippen LogP contribution is -2.54. The number of carbonyl (C=O) groups is 1. The number of nitrogens with zero attached hydrogens (tertiary/aromatic N) is 3. The molecule has 0 radical (unpaired) electrons. The van der Waals surface area contributed by atoms with Gasteiger partial charge >= 0.3 is 0 Å². The fourth-order valence-electron chi connectivity index (χ4n) is 2.90. The van der Waals surface area contributed by atoms with E-state index in [1.165, 1.54) is 6.33 Å². The summed E-state index contributed by atoms with van der Waals surface area (Å²) >= 11 is 0. The van der Waals surface area contributed by atoms with Crippen LogP contribution in [-0.4, -0.2) is 35.0 Å². The highest BCUT2D eigenvalue weighted by molar-refractivity contribution is 5.77. The molecule has 0 aliphatic carbocycles. The molecule has 1 amide bonds. The predicted molar refractivity (Wildman–Crippen MR) is 67.9 cm³/mol. The average molecular weight is 247 g/mol. The maximum absolute atomic E-state index is 11.4. The van der Waals surface area contributed by atoms with Crippen molar-refractivity contribution >= 4 is 17.4 Å². The molecule has 0 aromatic carbocycles. The molecule has 2 unspecified atom stereocenters. The van der Waals surface area contributed by atoms with Crippen LogP contribution in [0.15, 0.2) is 12.5 Å². The standard InChI is InChI=1S/C12H17N5O/c13-9-5-14-7-15-12(9)17-4-3-10-8(6-17)1-2-11(18)16-10/h5,7-8,10H,1-4,6,13H2,(H,16,18). The van der Waals surface area contributed by atoms with Gasteiger partial charge < -0.3 is 16.0 Å². The lowest BCUT2D eigenvalue weighted by molar-refractivity contribution is -0.124. The first-order chi connectivity index (χ1) is 8.74. The zero-order valence-corrected chi connectivity index (χ0v) is 10.2. The molecule has 2 aliphatic heterocycles. The number of carbonyl (C=O) groups excluding carboxylic acids is 1. The zero-order chi connectivity index (χ0) is 12.5. The second kappa shape index (κ2) is 4.44. The quantitative estimate of drug-likeness (QED) is 0.738. The Morgan fingerprint density at radius 1 is 1.44 bits per heavy atom. The molecule has 2 atom stereocenters. The SMILES string of the molecule is Nc1cncnc1N1CCC2NC(=O)CCC2C1. The number of piperidine rings is 2. The molecule has 3 rings (SSSR count). The third kappa shape index (κ3) is 1.98. The van der Waals surface area contributed by atoms with E-state index in [9.17, 15) is 4.79 Å². The molecule has 3 N–H and O–H groups in total. The predicted octanol–water partition coefficient (Wildman–Crippen LogP) is 0.164. The fraction of sp³-hybridized carbons (Fsp3) is 0.583. The van der Waals surface area contributed by atoms with Crippen molar-refractivity contribution in [1.29, 1.82) is 0 Å².